The van der Waals surface area contributed by atoms with Gasteiger partial charge < -0.3 is 4.74 Å². The van der Waals surface area contributed by atoms with E-state index in [1.165, 1.54) is 0 Å². The number of hydrogen-bond donors (Lipinski definition) is 0. The average molecular weight is 182 g/mol. The first kappa shape index (κ1) is 8.73. The molecule has 2 rings (SSSR count). The normalized spacial score (nSPS) is 26.3. The van der Waals surface area contributed by atoms with Crippen molar-refractivity contribution >= 4 is 11.9 Å². The first-order chi connectivity index (χ1) is 5.96. The lowest BCUT2D eigenvalue weighted by Crippen LogP contribution is -2.24. The molecule has 0 atom stereocenters. The van der Waals surface area contributed by atoms with E-state index in [0.717, 1.165) is 25.7 Å². The Morgan fingerprint density at radius 1 is 0.923 bits per heavy atom. The maximum absolute atomic E-state index is 11.4. The lowest BCUT2D eigenvalue weighted by atomic mass is 10.1. The summed E-state index contributed by atoms with van der Waals surface area (Å²) in [5.74, 6) is -0.656. The zero-order chi connectivity index (χ0) is 9.69. The van der Waals surface area contributed by atoms with E-state index in [2.05, 4.69) is 0 Å². The summed E-state index contributed by atoms with van der Waals surface area (Å²) in [6.07, 6.45) is 3.43. The van der Waals surface area contributed by atoms with Crippen LogP contribution in [-0.2, 0) is 14.3 Å². The molecule has 0 unspecified atom stereocenters. The monoisotopic (exact) mass is 182 g/mol. The second-order valence-electron chi connectivity index (χ2n) is 4.80. The molecule has 0 aliphatic heterocycles. The molecule has 0 spiro atoms. The van der Waals surface area contributed by atoms with Crippen LogP contribution in [-0.4, -0.2) is 11.9 Å². The third kappa shape index (κ3) is 1.47. The van der Waals surface area contributed by atoms with Crippen molar-refractivity contribution in [3.05, 3.63) is 0 Å². The molecule has 0 bridgehead atoms. The van der Waals surface area contributed by atoms with Crippen LogP contribution in [0, 0.1) is 10.8 Å². The van der Waals surface area contributed by atoms with Gasteiger partial charge in [-0.05, 0) is 39.5 Å². The van der Waals surface area contributed by atoms with Crippen LogP contribution in [0.4, 0.5) is 0 Å². The minimum Gasteiger partial charge on any atom is -0.392 e. The first-order valence-electron chi connectivity index (χ1n) is 4.73. The van der Waals surface area contributed by atoms with Crippen LogP contribution in [0.25, 0.3) is 0 Å². The van der Waals surface area contributed by atoms with E-state index in [4.69, 9.17) is 4.74 Å². The van der Waals surface area contributed by atoms with Gasteiger partial charge in [0.25, 0.3) is 0 Å². The van der Waals surface area contributed by atoms with Gasteiger partial charge in [0.2, 0.25) is 0 Å². The van der Waals surface area contributed by atoms with E-state index in [9.17, 15) is 9.59 Å². The summed E-state index contributed by atoms with van der Waals surface area (Å²) in [6, 6.07) is 0. The molecule has 0 radical (unpaired) electrons. The average Bonchev–Trinajstić information content (AvgIpc) is 2.92. The molecule has 3 nitrogen and oxygen atoms in total. The van der Waals surface area contributed by atoms with E-state index in [0.29, 0.717) is 0 Å². The zero-order valence-corrected chi connectivity index (χ0v) is 8.05. The summed E-state index contributed by atoms with van der Waals surface area (Å²) in [7, 11) is 0. The number of ether oxygens (including phenoxy) is 1. The van der Waals surface area contributed by atoms with Crippen LogP contribution in [0.1, 0.15) is 39.5 Å². The van der Waals surface area contributed by atoms with Crippen LogP contribution in [0.2, 0.25) is 0 Å². The Kier molecular flexibility index (Phi) is 1.57. The van der Waals surface area contributed by atoms with Gasteiger partial charge in [-0.1, -0.05) is 0 Å². The predicted octanol–water partition coefficient (Wildman–Crippen LogP) is 1.66. The van der Waals surface area contributed by atoms with Crippen LogP contribution < -0.4 is 0 Å². The molecule has 2 saturated carbocycles. The quantitative estimate of drug-likeness (QED) is 0.482. The van der Waals surface area contributed by atoms with Gasteiger partial charge in [0, 0.05) is 0 Å². The Hall–Kier alpha value is -0.860. The Morgan fingerprint density at radius 2 is 1.23 bits per heavy atom. The molecule has 72 valence electrons. The third-order valence-electron chi connectivity index (χ3n) is 3.17. The minimum atomic E-state index is -0.346. The summed E-state index contributed by atoms with van der Waals surface area (Å²) < 4.78 is 4.83. The van der Waals surface area contributed by atoms with E-state index >= 15 is 0 Å². The molecule has 0 heterocycles. The van der Waals surface area contributed by atoms with Crippen molar-refractivity contribution in [1.82, 2.24) is 0 Å². The topological polar surface area (TPSA) is 43.4 Å². The van der Waals surface area contributed by atoms with Gasteiger partial charge in [-0.15, -0.1) is 0 Å². The summed E-state index contributed by atoms with van der Waals surface area (Å²) in [5.41, 5.74) is -0.693. The van der Waals surface area contributed by atoms with Crippen molar-refractivity contribution in [2.45, 2.75) is 39.5 Å². The second-order valence-corrected chi connectivity index (χ2v) is 4.80. The van der Waals surface area contributed by atoms with Crippen LogP contribution in [0.15, 0.2) is 0 Å². The fourth-order valence-electron chi connectivity index (χ4n) is 1.11. The fourth-order valence-corrected chi connectivity index (χ4v) is 1.11. The van der Waals surface area contributed by atoms with Crippen molar-refractivity contribution in [1.29, 1.82) is 0 Å². The molecule has 0 aromatic rings. The van der Waals surface area contributed by atoms with Crippen LogP contribution in [0.5, 0.6) is 0 Å². The van der Waals surface area contributed by atoms with E-state index < -0.39 is 0 Å². The smallest absolute Gasteiger partial charge is 0.319 e. The number of carbonyl (C=O) groups excluding carboxylic acids is 2. The predicted molar refractivity (Wildman–Crippen MR) is 45.8 cm³/mol. The summed E-state index contributed by atoms with van der Waals surface area (Å²) >= 11 is 0. The van der Waals surface area contributed by atoms with Crippen molar-refractivity contribution in [2.24, 2.45) is 10.8 Å². The van der Waals surface area contributed by atoms with Gasteiger partial charge in [0.05, 0.1) is 10.8 Å². The van der Waals surface area contributed by atoms with Gasteiger partial charge in [0.1, 0.15) is 0 Å². The minimum absolute atomic E-state index is 0.328. The largest absolute Gasteiger partial charge is 0.392 e. The third-order valence-corrected chi connectivity index (χ3v) is 3.17. The first-order valence-corrected chi connectivity index (χ1v) is 4.73. The molecule has 2 aliphatic carbocycles. The highest BCUT2D eigenvalue weighted by Crippen LogP contribution is 2.49. The fraction of sp³-hybridized carbons (Fsp3) is 0.800. The summed E-state index contributed by atoms with van der Waals surface area (Å²) in [4.78, 5) is 22.7. The molecule has 13 heavy (non-hydrogen) atoms. The SMILES string of the molecule is CC1(C(=O)OC(=O)C2(C)CC2)CC1. The Labute approximate surface area is 77.4 Å². The standard InChI is InChI=1S/C10H14O3/c1-9(3-4-9)7(11)13-8(12)10(2)5-6-10/h3-6H2,1-2H3. The second kappa shape index (κ2) is 2.34. The Balaban J connectivity index is 1.91. The van der Waals surface area contributed by atoms with Crippen molar-refractivity contribution in [2.75, 3.05) is 0 Å². The lowest BCUT2D eigenvalue weighted by Gasteiger charge is -2.10. The van der Waals surface area contributed by atoms with Crippen molar-refractivity contribution in [3.8, 4) is 0 Å². The molecule has 0 saturated heterocycles. The lowest BCUT2D eigenvalue weighted by molar-refractivity contribution is -0.166. The van der Waals surface area contributed by atoms with Crippen LogP contribution >= 0.6 is 0 Å². The van der Waals surface area contributed by atoms with Crippen molar-refractivity contribution < 1.29 is 14.3 Å². The van der Waals surface area contributed by atoms with Crippen LogP contribution in [0.3, 0.4) is 0 Å². The van der Waals surface area contributed by atoms with Gasteiger partial charge in [-0.3, -0.25) is 9.59 Å². The number of carbonyl (C=O) groups is 2. The van der Waals surface area contributed by atoms with Gasteiger partial charge in [0.15, 0.2) is 0 Å². The zero-order valence-electron chi connectivity index (χ0n) is 8.05. The summed E-state index contributed by atoms with van der Waals surface area (Å²) in [5, 5.41) is 0. The van der Waals surface area contributed by atoms with Crippen molar-refractivity contribution in [3.63, 3.8) is 0 Å². The van der Waals surface area contributed by atoms with Gasteiger partial charge in [-0.25, -0.2) is 0 Å². The number of esters is 2. The van der Waals surface area contributed by atoms with E-state index in [1.54, 1.807) is 0 Å². The highest BCUT2D eigenvalue weighted by Gasteiger charge is 2.52. The molecular weight excluding hydrogens is 168 g/mol. The summed E-state index contributed by atoms with van der Waals surface area (Å²) in [6.45, 7) is 3.69. The highest BCUT2D eigenvalue weighted by atomic mass is 16.6. The molecule has 0 N–H and O–H groups in total. The van der Waals surface area contributed by atoms with Gasteiger partial charge in [-0.2, -0.15) is 0 Å². The van der Waals surface area contributed by atoms with E-state index in [-0.39, 0.29) is 22.8 Å². The number of rotatable bonds is 2. The molecule has 0 aromatic heterocycles. The molecule has 3 heteroatoms. The maximum atomic E-state index is 11.4. The maximum Gasteiger partial charge on any atom is 0.319 e. The molecular formula is C10H14O3. The van der Waals surface area contributed by atoms with Gasteiger partial charge >= 0.3 is 11.9 Å². The van der Waals surface area contributed by atoms with E-state index in [1.807, 2.05) is 13.8 Å². The molecule has 0 amide bonds. The molecule has 2 fully saturated rings. The molecule has 2 aliphatic rings. The molecule has 0 aromatic carbocycles. The Morgan fingerprint density at radius 3 is 1.46 bits per heavy atom. The number of hydrogen-bond acceptors (Lipinski definition) is 3. The highest BCUT2D eigenvalue weighted by molar-refractivity contribution is 5.93. The Bertz CT molecular complexity index is 244.